The SMILES string of the molecule is CC(C)(C)OCCC(CCl)Cc1ccccc1. The first-order valence-electron chi connectivity index (χ1n) is 6.25. The van der Waals surface area contributed by atoms with Crippen molar-refractivity contribution in [3.63, 3.8) is 0 Å². The van der Waals surface area contributed by atoms with Gasteiger partial charge in [0.25, 0.3) is 0 Å². The van der Waals surface area contributed by atoms with Crippen LogP contribution in [-0.2, 0) is 11.2 Å². The molecular weight excluding hydrogens is 232 g/mol. The Morgan fingerprint density at radius 1 is 1.18 bits per heavy atom. The Morgan fingerprint density at radius 2 is 1.82 bits per heavy atom. The van der Waals surface area contributed by atoms with Crippen LogP contribution in [0.2, 0.25) is 0 Å². The molecule has 1 unspecified atom stereocenters. The first-order chi connectivity index (χ1) is 8.01. The van der Waals surface area contributed by atoms with Crippen molar-refractivity contribution in [2.45, 2.75) is 39.2 Å². The predicted octanol–water partition coefficient (Wildman–Crippen LogP) is 4.29. The molecule has 0 bridgehead atoms. The molecule has 0 heterocycles. The van der Waals surface area contributed by atoms with Crippen LogP contribution >= 0.6 is 11.6 Å². The number of hydrogen-bond donors (Lipinski definition) is 0. The molecule has 1 rings (SSSR count). The van der Waals surface area contributed by atoms with E-state index in [2.05, 4.69) is 45.0 Å². The summed E-state index contributed by atoms with van der Waals surface area (Å²) in [4.78, 5) is 0. The molecule has 17 heavy (non-hydrogen) atoms. The largest absolute Gasteiger partial charge is 0.376 e. The van der Waals surface area contributed by atoms with Crippen LogP contribution in [0.15, 0.2) is 30.3 Å². The molecule has 0 aliphatic carbocycles. The molecule has 0 aliphatic heterocycles. The highest BCUT2D eigenvalue weighted by atomic mass is 35.5. The first-order valence-corrected chi connectivity index (χ1v) is 6.78. The minimum Gasteiger partial charge on any atom is -0.376 e. The smallest absolute Gasteiger partial charge is 0.0598 e. The third-order valence-corrected chi connectivity index (χ3v) is 3.08. The van der Waals surface area contributed by atoms with Gasteiger partial charge in [-0.2, -0.15) is 0 Å². The van der Waals surface area contributed by atoms with E-state index in [0.717, 1.165) is 19.4 Å². The Hall–Kier alpha value is -0.530. The topological polar surface area (TPSA) is 9.23 Å². The first kappa shape index (κ1) is 14.5. The van der Waals surface area contributed by atoms with Gasteiger partial charge in [-0.3, -0.25) is 0 Å². The summed E-state index contributed by atoms with van der Waals surface area (Å²) in [6.07, 6.45) is 2.06. The number of alkyl halides is 1. The summed E-state index contributed by atoms with van der Waals surface area (Å²) in [6.45, 7) is 7.04. The summed E-state index contributed by atoms with van der Waals surface area (Å²) >= 11 is 6.01. The van der Waals surface area contributed by atoms with E-state index in [4.69, 9.17) is 16.3 Å². The van der Waals surface area contributed by atoms with E-state index in [1.807, 2.05) is 6.07 Å². The molecule has 96 valence electrons. The highest BCUT2D eigenvalue weighted by Crippen LogP contribution is 2.16. The van der Waals surface area contributed by atoms with Gasteiger partial charge < -0.3 is 4.74 Å². The standard InChI is InChI=1S/C15H23ClO/c1-15(2,3)17-10-9-14(12-16)11-13-7-5-4-6-8-13/h4-8,14H,9-12H2,1-3H3. The van der Waals surface area contributed by atoms with Crippen LogP contribution < -0.4 is 0 Å². The molecule has 0 saturated carbocycles. The number of ether oxygens (including phenoxy) is 1. The highest BCUT2D eigenvalue weighted by molar-refractivity contribution is 6.18. The lowest BCUT2D eigenvalue weighted by molar-refractivity contribution is -0.00831. The molecule has 1 aromatic carbocycles. The quantitative estimate of drug-likeness (QED) is 0.688. The van der Waals surface area contributed by atoms with Gasteiger partial charge in [0.2, 0.25) is 0 Å². The zero-order chi connectivity index (χ0) is 12.7. The molecule has 1 aromatic rings. The average Bonchev–Trinajstić information content (AvgIpc) is 2.27. The van der Waals surface area contributed by atoms with Crippen LogP contribution in [0.25, 0.3) is 0 Å². The molecule has 1 atom stereocenters. The summed E-state index contributed by atoms with van der Waals surface area (Å²) in [5.41, 5.74) is 1.30. The second-order valence-corrected chi connectivity index (χ2v) is 5.77. The fraction of sp³-hybridized carbons (Fsp3) is 0.600. The minimum atomic E-state index is -0.0520. The van der Waals surface area contributed by atoms with Crippen molar-refractivity contribution in [3.8, 4) is 0 Å². The maximum Gasteiger partial charge on any atom is 0.0598 e. The molecule has 2 heteroatoms. The molecule has 1 nitrogen and oxygen atoms in total. The Balaban J connectivity index is 2.34. The van der Waals surface area contributed by atoms with Crippen molar-refractivity contribution in [1.29, 1.82) is 0 Å². The molecule has 0 saturated heterocycles. The van der Waals surface area contributed by atoms with Gasteiger partial charge in [0.15, 0.2) is 0 Å². The Bertz CT molecular complexity index is 302. The van der Waals surface area contributed by atoms with Crippen LogP contribution in [0, 0.1) is 5.92 Å². The number of benzene rings is 1. The van der Waals surface area contributed by atoms with Gasteiger partial charge in [-0.1, -0.05) is 30.3 Å². The Kier molecular flexibility index (Phi) is 6.01. The second-order valence-electron chi connectivity index (χ2n) is 5.46. The van der Waals surface area contributed by atoms with Crippen molar-refractivity contribution in [1.82, 2.24) is 0 Å². The number of rotatable bonds is 6. The van der Waals surface area contributed by atoms with E-state index in [0.29, 0.717) is 11.8 Å². The molecule has 0 aliphatic rings. The summed E-state index contributed by atoms with van der Waals surface area (Å²) in [6, 6.07) is 10.5. The Morgan fingerprint density at radius 3 is 2.35 bits per heavy atom. The minimum absolute atomic E-state index is 0.0520. The van der Waals surface area contributed by atoms with Crippen molar-refractivity contribution in [2.24, 2.45) is 5.92 Å². The maximum atomic E-state index is 6.01. The summed E-state index contributed by atoms with van der Waals surface area (Å²) in [5.74, 6) is 1.20. The fourth-order valence-corrected chi connectivity index (χ4v) is 1.98. The summed E-state index contributed by atoms with van der Waals surface area (Å²) in [7, 11) is 0. The van der Waals surface area contributed by atoms with E-state index >= 15 is 0 Å². The molecule has 0 N–H and O–H groups in total. The molecular formula is C15H23ClO. The van der Waals surface area contributed by atoms with Crippen molar-refractivity contribution in [2.75, 3.05) is 12.5 Å². The lowest BCUT2D eigenvalue weighted by Crippen LogP contribution is -2.21. The van der Waals surface area contributed by atoms with Gasteiger partial charge in [0.1, 0.15) is 0 Å². The van der Waals surface area contributed by atoms with Gasteiger partial charge in [-0.15, -0.1) is 11.6 Å². The summed E-state index contributed by atoms with van der Waals surface area (Å²) < 4.78 is 5.74. The molecule has 0 radical (unpaired) electrons. The average molecular weight is 255 g/mol. The number of halogens is 1. The second kappa shape index (κ2) is 7.03. The zero-order valence-electron chi connectivity index (χ0n) is 11.1. The number of hydrogen-bond acceptors (Lipinski definition) is 1. The lowest BCUT2D eigenvalue weighted by Gasteiger charge is -2.21. The van der Waals surface area contributed by atoms with E-state index < -0.39 is 0 Å². The third-order valence-electron chi connectivity index (χ3n) is 2.65. The van der Waals surface area contributed by atoms with E-state index in [1.54, 1.807) is 0 Å². The molecule has 0 spiro atoms. The van der Waals surface area contributed by atoms with E-state index in [9.17, 15) is 0 Å². The van der Waals surface area contributed by atoms with Crippen molar-refractivity contribution in [3.05, 3.63) is 35.9 Å². The molecule has 0 aromatic heterocycles. The van der Waals surface area contributed by atoms with Gasteiger partial charge in [-0.25, -0.2) is 0 Å². The van der Waals surface area contributed by atoms with E-state index in [-0.39, 0.29) is 5.60 Å². The predicted molar refractivity (Wildman–Crippen MR) is 74.7 cm³/mol. The van der Waals surface area contributed by atoms with Gasteiger partial charge in [0.05, 0.1) is 5.60 Å². The van der Waals surface area contributed by atoms with Gasteiger partial charge in [-0.05, 0) is 45.1 Å². The van der Waals surface area contributed by atoms with Gasteiger partial charge >= 0.3 is 0 Å². The highest BCUT2D eigenvalue weighted by Gasteiger charge is 2.13. The maximum absolute atomic E-state index is 6.01. The monoisotopic (exact) mass is 254 g/mol. The van der Waals surface area contributed by atoms with Crippen LogP contribution in [-0.4, -0.2) is 18.1 Å². The lowest BCUT2D eigenvalue weighted by atomic mass is 9.98. The van der Waals surface area contributed by atoms with Crippen molar-refractivity contribution < 1.29 is 4.74 Å². The van der Waals surface area contributed by atoms with Crippen LogP contribution in [0.3, 0.4) is 0 Å². The van der Waals surface area contributed by atoms with Crippen molar-refractivity contribution >= 4 is 11.6 Å². The third kappa shape index (κ3) is 6.70. The Labute approximate surface area is 110 Å². The van der Waals surface area contributed by atoms with E-state index in [1.165, 1.54) is 5.56 Å². The fourth-order valence-electron chi connectivity index (χ4n) is 1.71. The van der Waals surface area contributed by atoms with Crippen LogP contribution in [0.1, 0.15) is 32.8 Å². The van der Waals surface area contributed by atoms with Gasteiger partial charge in [0, 0.05) is 12.5 Å². The zero-order valence-corrected chi connectivity index (χ0v) is 11.8. The summed E-state index contributed by atoms with van der Waals surface area (Å²) in [5, 5.41) is 0. The normalized spacial score (nSPS) is 13.6. The molecule has 0 amide bonds. The van der Waals surface area contributed by atoms with Crippen LogP contribution in [0.4, 0.5) is 0 Å². The van der Waals surface area contributed by atoms with Crippen LogP contribution in [0.5, 0.6) is 0 Å². The molecule has 0 fully saturated rings.